The summed E-state index contributed by atoms with van der Waals surface area (Å²) >= 11 is 0. The molecule has 1 amide bonds. The Morgan fingerprint density at radius 1 is 1.09 bits per heavy atom. The Hall–Kier alpha value is -4.53. The number of carbonyl (C=O) groups is 1. The largest absolute Gasteiger partial charge is 0.435 e. The van der Waals surface area contributed by atoms with E-state index in [9.17, 15) is 32.4 Å². The standard InChI is InChI=1S/C23H18F4N4O4/c1-13-19(21(33)31(30(13)2)16-6-4-3-5-7-16)29-20(32)15(12-28)10-14-8-9-17(34-22(24)25)11-18(14)35-23(26)27/h3-11,22-23H,1-2H3,(H,29,32)/b15-10+. The molecule has 1 N–H and O–H groups in total. The Kier molecular flexibility index (Phi) is 7.60. The number of ether oxygens (including phenoxy) is 2. The number of nitriles is 1. The van der Waals surface area contributed by atoms with E-state index in [1.807, 2.05) is 0 Å². The highest BCUT2D eigenvalue weighted by atomic mass is 19.3. The Morgan fingerprint density at radius 2 is 1.74 bits per heavy atom. The van der Waals surface area contributed by atoms with Gasteiger partial charge in [0.1, 0.15) is 28.8 Å². The van der Waals surface area contributed by atoms with Gasteiger partial charge in [-0.1, -0.05) is 18.2 Å². The first-order valence-corrected chi connectivity index (χ1v) is 9.93. The van der Waals surface area contributed by atoms with E-state index >= 15 is 0 Å². The maximum atomic E-state index is 13.0. The minimum Gasteiger partial charge on any atom is -0.435 e. The lowest BCUT2D eigenvalue weighted by molar-refractivity contribution is -0.112. The second-order valence-electron chi connectivity index (χ2n) is 7.02. The number of halogens is 4. The normalized spacial score (nSPS) is 11.5. The van der Waals surface area contributed by atoms with Crippen LogP contribution in [0.2, 0.25) is 0 Å². The van der Waals surface area contributed by atoms with Gasteiger partial charge in [0.15, 0.2) is 0 Å². The zero-order chi connectivity index (χ0) is 25.7. The summed E-state index contributed by atoms with van der Waals surface area (Å²) in [7, 11) is 1.61. The number of rotatable bonds is 8. The van der Waals surface area contributed by atoms with Crippen LogP contribution in [0.1, 0.15) is 11.3 Å². The number of anilines is 1. The van der Waals surface area contributed by atoms with Crippen molar-refractivity contribution in [3.8, 4) is 23.3 Å². The summed E-state index contributed by atoms with van der Waals surface area (Å²) < 4.78 is 61.8. The topological polar surface area (TPSA) is 98.3 Å². The highest BCUT2D eigenvalue weighted by molar-refractivity contribution is 6.10. The van der Waals surface area contributed by atoms with Crippen LogP contribution < -0.4 is 20.3 Å². The summed E-state index contributed by atoms with van der Waals surface area (Å²) in [6.07, 6.45) is 0.924. The molecule has 0 fully saturated rings. The Morgan fingerprint density at radius 3 is 2.34 bits per heavy atom. The van der Waals surface area contributed by atoms with Crippen LogP contribution in [0.15, 0.2) is 58.9 Å². The van der Waals surface area contributed by atoms with Crippen molar-refractivity contribution in [2.24, 2.45) is 7.05 Å². The number of hydrogen-bond donors (Lipinski definition) is 1. The molecule has 0 bridgehead atoms. The molecule has 1 heterocycles. The lowest BCUT2D eigenvalue weighted by atomic mass is 10.1. The lowest BCUT2D eigenvalue weighted by Gasteiger charge is -2.11. The van der Waals surface area contributed by atoms with Crippen LogP contribution >= 0.6 is 0 Å². The first-order valence-electron chi connectivity index (χ1n) is 9.93. The quantitative estimate of drug-likeness (QED) is 0.290. The zero-order valence-electron chi connectivity index (χ0n) is 18.3. The summed E-state index contributed by atoms with van der Waals surface area (Å²) in [6, 6.07) is 13.1. The second kappa shape index (κ2) is 10.6. The van der Waals surface area contributed by atoms with Gasteiger partial charge in [-0.2, -0.15) is 22.8 Å². The first-order chi connectivity index (χ1) is 16.6. The number of carbonyl (C=O) groups excluding carboxylic acids is 1. The SMILES string of the molecule is Cc1c(NC(=O)/C(C#N)=C/c2ccc(OC(F)F)cc2OC(F)F)c(=O)n(-c2ccccc2)n1C. The molecule has 3 rings (SSSR count). The summed E-state index contributed by atoms with van der Waals surface area (Å²) in [5, 5.41) is 11.9. The highest BCUT2D eigenvalue weighted by Gasteiger charge is 2.21. The molecule has 0 aliphatic heterocycles. The average Bonchev–Trinajstić information content (AvgIpc) is 3.01. The van der Waals surface area contributed by atoms with Crippen molar-refractivity contribution in [2.75, 3.05) is 5.32 Å². The van der Waals surface area contributed by atoms with Crippen LogP contribution in [0.25, 0.3) is 11.8 Å². The molecular formula is C23H18F4N4O4. The predicted octanol–water partition coefficient (Wildman–Crippen LogP) is 4.23. The smallest absolute Gasteiger partial charge is 0.387 e. The van der Waals surface area contributed by atoms with Gasteiger partial charge in [-0.3, -0.25) is 14.3 Å². The lowest BCUT2D eigenvalue weighted by Crippen LogP contribution is -2.23. The molecule has 12 heteroatoms. The molecule has 0 saturated heterocycles. The molecule has 0 aliphatic carbocycles. The van der Waals surface area contributed by atoms with Crippen molar-refractivity contribution in [3.63, 3.8) is 0 Å². The number of para-hydroxylation sites is 1. The number of amides is 1. The Balaban J connectivity index is 1.96. The van der Waals surface area contributed by atoms with Crippen LogP contribution in [0.3, 0.4) is 0 Å². The van der Waals surface area contributed by atoms with Gasteiger partial charge in [0, 0.05) is 18.7 Å². The molecule has 0 atom stereocenters. The minimum absolute atomic E-state index is 0.0905. The minimum atomic E-state index is -3.31. The molecule has 0 unspecified atom stereocenters. The fraction of sp³-hybridized carbons (Fsp3) is 0.174. The van der Waals surface area contributed by atoms with Crippen molar-refractivity contribution < 1.29 is 31.8 Å². The molecule has 182 valence electrons. The predicted molar refractivity (Wildman–Crippen MR) is 118 cm³/mol. The van der Waals surface area contributed by atoms with E-state index < -0.39 is 41.8 Å². The maximum absolute atomic E-state index is 13.0. The van der Waals surface area contributed by atoms with Gasteiger partial charge in [0.05, 0.1) is 11.4 Å². The molecule has 0 spiro atoms. The van der Waals surface area contributed by atoms with Gasteiger partial charge < -0.3 is 14.8 Å². The van der Waals surface area contributed by atoms with Crippen molar-refractivity contribution >= 4 is 17.7 Å². The molecule has 0 radical (unpaired) electrons. The summed E-state index contributed by atoms with van der Waals surface area (Å²) in [5.41, 5.74) is -0.450. The van der Waals surface area contributed by atoms with Crippen molar-refractivity contribution in [2.45, 2.75) is 20.1 Å². The third-order valence-corrected chi connectivity index (χ3v) is 4.88. The molecule has 3 aromatic rings. The van der Waals surface area contributed by atoms with Crippen molar-refractivity contribution in [3.05, 3.63) is 75.7 Å². The molecule has 2 aromatic carbocycles. The third kappa shape index (κ3) is 5.70. The zero-order valence-corrected chi connectivity index (χ0v) is 18.3. The molecule has 8 nitrogen and oxygen atoms in total. The van der Waals surface area contributed by atoms with Gasteiger partial charge in [-0.05, 0) is 37.3 Å². The van der Waals surface area contributed by atoms with E-state index in [2.05, 4.69) is 14.8 Å². The van der Waals surface area contributed by atoms with E-state index in [1.165, 1.54) is 9.36 Å². The summed E-state index contributed by atoms with van der Waals surface area (Å²) in [6.45, 7) is -4.93. The van der Waals surface area contributed by atoms with Gasteiger partial charge >= 0.3 is 13.2 Å². The first kappa shape index (κ1) is 25.1. The van der Waals surface area contributed by atoms with Gasteiger partial charge in [-0.15, -0.1) is 0 Å². The van der Waals surface area contributed by atoms with Gasteiger partial charge in [0.25, 0.3) is 11.5 Å². The van der Waals surface area contributed by atoms with Crippen molar-refractivity contribution in [1.29, 1.82) is 5.26 Å². The summed E-state index contributed by atoms with van der Waals surface area (Å²) in [4.78, 5) is 25.7. The number of aromatic nitrogens is 2. The molecule has 1 aromatic heterocycles. The van der Waals surface area contributed by atoms with E-state index in [-0.39, 0.29) is 11.3 Å². The summed E-state index contributed by atoms with van der Waals surface area (Å²) in [5.74, 6) is -2.05. The average molecular weight is 490 g/mol. The second-order valence-corrected chi connectivity index (χ2v) is 7.02. The van der Waals surface area contributed by atoms with E-state index in [1.54, 1.807) is 50.4 Å². The molecule has 0 saturated carbocycles. The molecule has 0 aliphatic rings. The molecular weight excluding hydrogens is 472 g/mol. The highest BCUT2D eigenvalue weighted by Crippen LogP contribution is 2.29. The van der Waals surface area contributed by atoms with E-state index in [0.29, 0.717) is 11.4 Å². The Bertz CT molecular complexity index is 1360. The number of nitrogens with zero attached hydrogens (tertiary/aromatic N) is 3. The van der Waals surface area contributed by atoms with Crippen LogP contribution in [0.4, 0.5) is 23.2 Å². The van der Waals surface area contributed by atoms with Crippen LogP contribution in [0, 0.1) is 18.3 Å². The monoisotopic (exact) mass is 490 g/mol. The fourth-order valence-electron chi connectivity index (χ4n) is 3.21. The third-order valence-electron chi connectivity index (χ3n) is 4.88. The van der Waals surface area contributed by atoms with Crippen LogP contribution in [0.5, 0.6) is 11.5 Å². The number of nitrogens with one attached hydrogen (secondary N) is 1. The van der Waals surface area contributed by atoms with Crippen molar-refractivity contribution in [1.82, 2.24) is 9.36 Å². The number of alkyl halides is 4. The number of hydrogen-bond acceptors (Lipinski definition) is 5. The fourth-order valence-corrected chi connectivity index (χ4v) is 3.21. The Labute approximate surface area is 196 Å². The van der Waals surface area contributed by atoms with E-state index in [0.717, 1.165) is 24.3 Å². The van der Waals surface area contributed by atoms with E-state index in [4.69, 9.17) is 0 Å². The van der Waals surface area contributed by atoms with Crippen LogP contribution in [-0.4, -0.2) is 28.5 Å². The maximum Gasteiger partial charge on any atom is 0.387 e. The van der Waals surface area contributed by atoms with Gasteiger partial charge in [0.2, 0.25) is 0 Å². The molecule has 35 heavy (non-hydrogen) atoms. The number of benzene rings is 2. The van der Waals surface area contributed by atoms with Crippen LogP contribution in [-0.2, 0) is 11.8 Å². The van der Waals surface area contributed by atoms with Gasteiger partial charge in [-0.25, -0.2) is 4.68 Å².